The number of thiophene rings is 1. The zero-order chi connectivity index (χ0) is 17.6. The van der Waals surface area contributed by atoms with Gasteiger partial charge in [-0.2, -0.15) is 0 Å². The van der Waals surface area contributed by atoms with Crippen molar-refractivity contribution < 1.29 is 9.53 Å². The van der Waals surface area contributed by atoms with E-state index in [9.17, 15) is 4.79 Å². The van der Waals surface area contributed by atoms with Crippen molar-refractivity contribution in [1.29, 1.82) is 0 Å². The highest BCUT2D eigenvalue weighted by molar-refractivity contribution is 7.09. The van der Waals surface area contributed by atoms with Gasteiger partial charge in [-0.25, -0.2) is 0 Å². The van der Waals surface area contributed by atoms with Gasteiger partial charge in [0.2, 0.25) is 0 Å². The molecule has 0 aliphatic rings. The minimum absolute atomic E-state index is 0.0251. The number of nitrogens with zero attached hydrogens (tertiary/aromatic N) is 1. The number of ether oxygens (including phenoxy) is 1. The molecule has 0 radical (unpaired) electrons. The second-order valence-electron chi connectivity index (χ2n) is 5.59. The van der Waals surface area contributed by atoms with Crippen molar-refractivity contribution in [2.24, 2.45) is 0 Å². The third-order valence-corrected chi connectivity index (χ3v) is 4.86. The van der Waals surface area contributed by atoms with E-state index >= 15 is 0 Å². The first kappa shape index (κ1) is 17.5. The number of hydrogen-bond donors (Lipinski definition) is 0. The number of hydrogen-bond acceptors (Lipinski definition) is 3. The summed E-state index contributed by atoms with van der Waals surface area (Å²) in [4.78, 5) is 15.6. The Morgan fingerprint density at radius 2 is 1.96 bits per heavy atom. The van der Waals surface area contributed by atoms with Crippen LogP contribution in [-0.2, 0) is 11.3 Å². The Bertz CT molecular complexity index is 848. The third-order valence-electron chi connectivity index (χ3n) is 3.76. The predicted molar refractivity (Wildman–Crippen MR) is 104 cm³/mol. The molecule has 0 atom stereocenters. The minimum atomic E-state index is -0.112. The van der Waals surface area contributed by atoms with Gasteiger partial charge >= 0.3 is 0 Å². The monoisotopic (exact) mass is 371 g/mol. The number of halogens is 1. The van der Waals surface area contributed by atoms with Crippen molar-refractivity contribution in [2.45, 2.75) is 13.5 Å². The normalized spacial score (nSPS) is 10.5. The fourth-order valence-corrected chi connectivity index (χ4v) is 3.34. The van der Waals surface area contributed by atoms with E-state index < -0.39 is 0 Å². The summed E-state index contributed by atoms with van der Waals surface area (Å²) >= 11 is 7.72. The molecular formula is C20H18ClNO2S. The molecule has 0 N–H and O–H groups in total. The second-order valence-corrected chi connectivity index (χ2v) is 7.06. The maximum absolute atomic E-state index is 12.8. The van der Waals surface area contributed by atoms with Crippen molar-refractivity contribution in [3.8, 4) is 5.75 Å². The molecule has 3 aromatic rings. The summed E-state index contributed by atoms with van der Waals surface area (Å²) in [6.07, 6.45) is 0. The molecule has 5 heteroatoms. The standard InChI is InChI=1S/C20H18ClNO2S/c1-15-6-2-3-10-19(15)24-14-20(23)22(13-18-9-5-11-25-18)17-8-4-7-16(21)12-17/h2-12H,13-14H2,1H3. The summed E-state index contributed by atoms with van der Waals surface area (Å²) in [6, 6.07) is 19.0. The maximum atomic E-state index is 12.8. The highest BCUT2D eigenvalue weighted by Crippen LogP contribution is 2.24. The molecule has 0 aliphatic heterocycles. The number of carbonyl (C=O) groups is 1. The van der Waals surface area contributed by atoms with Gasteiger partial charge in [-0.1, -0.05) is 41.9 Å². The van der Waals surface area contributed by atoms with Crippen LogP contribution in [0.4, 0.5) is 5.69 Å². The van der Waals surface area contributed by atoms with Crippen molar-refractivity contribution in [3.05, 3.63) is 81.5 Å². The Labute approximate surface area is 156 Å². The summed E-state index contributed by atoms with van der Waals surface area (Å²) in [6.45, 7) is 2.43. The molecule has 0 unspecified atom stereocenters. The van der Waals surface area contributed by atoms with Crippen LogP contribution in [0.1, 0.15) is 10.4 Å². The first-order valence-electron chi connectivity index (χ1n) is 7.90. The lowest BCUT2D eigenvalue weighted by Crippen LogP contribution is -2.34. The highest BCUT2D eigenvalue weighted by atomic mass is 35.5. The van der Waals surface area contributed by atoms with Gasteiger partial charge in [-0.3, -0.25) is 4.79 Å². The van der Waals surface area contributed by atoms with Crippen molar-refractivity contribution in [1.82, 2.24) is 0 Å². The van der Waals surface area contributed by atoms with E-state index in [4.69, 9.17) is 16.3 Å². The Morgan fingerprint density at radius 3 is 2.68 bits per heavy atom. The molecule has 0 spiro atoms. The minimum Gasteiger partial charge on any atom is -0.483 e. The van der Waals surface area contributed by atoms with Crippen LogP contribution in [-0.4, -0.2) is 12.5 Å². The second kappa shape index (κ2) is 8.19. The molecule has 0 fully saturated rings. The summed E-state index contributed by atoms with van der Waals surface area (Å²) in [7, 11) is 0. The molecule has 3 rings (SSSR count). The topological polar surface area (TPSA) is 29.5 Å². The van der Waals surface area contributed by atoms with Crippen LogP contribution in [0.3, 0.4) is 0 Å². The molecule has 128 valence electrons. The van der Waals surface area contributed by atoms with E-state index in [0.29, 0.717) is 11.6 Å². The quantitative estimate of drug-likeness (QED) is 0.586. The number of anilines is 1. The van der Waals surface area contributed by atoms with Gasteiger partial charge in [0.05, 0.1) is 6.54 Å². The predicted octanol–water partition coefficient (Wildman–Crippen LogP) is 5.32. The van der Waals surface area contributed by atoms with Gasteiger partial charge in [-0.15, -0.1) is 11.3 Å². The van der Waals surface area contributed by atoms with Crippen LogP contribution in [0.5, 0.6) is 5.75 Å². The molecule has 2 aromatic carbocycles. The van der Waals surface area contributed by atoms with E-state index in [2.05, 4.69) is 0 Å². The van der Waals surface area contributed by atoms with Gasteiger partial charge in [0, 0.05) is 15.6 Å². The maximum Gasteiger partial charge on any atom is 0.265 e. The van der Waals surface area contributed by atoms with Gasteiger partial charge in [0.25, 0.3) is 5.91 Å². The summed E-state index contributed by atoms with van der Waals surface area (Å²) in [5.74, 6) is 0.608. The number of aryl methyl sites for hydroxylation is 1. The van der Waals surface area contributed by atoms with Crippen molar-refractivity contribution in [2.75, 3.05) is 11.5 Å². The average molecular weight is 372 g/mol. The number of amides is 1. The molecule has 3 nitrogen and oxygen atoms in total. The molecule has 25 heavy (non-hydrogen) atoms. The van der Waals surface area contributed by atoms with Crippen LogP contribution < -0.4 is 9.64 Å². The van der Waals surface area contributed by atoms with Crippen LogP contribution >= 0.6 is 22.9 Å². The van der Waals surface area contributed by atoms with E-state index in [0.717, 1.165) is 21.9 Å². The third kappa shape index (κ3) is 4.62. The molecule has 1 amide bonds. The van der Waals surface area contributed by atoms with E-state index in [1.807, 2.05) is 60.8 Å². The molecule has 0 saturated heterocycles. The van der Waals surface area contributed by atoms with Crippen molar-refractivity contribution >= 4 is 34.5 Å². The first-order valence-corrected chi connectivity index (χ1v) is 9.16. The molecular weight excluding hydrogens is 354 g/mol. The van der Waals surface area contributed by atoms with Crippen molar-refractivity contribution in [3.63, 3.8) is 0 Å². The van der Waals surface area contributed by atoms with Crippen LogP contribution in [0.15, 0.2) is 66.0 Å². The largest absolute Gasteiger partial charge is 0.483 e. The fraction of sp³-hybridized carbons (Fsp3) is 0.150. The molecule has 1 aromatic heterocycles. The molecule has 0 aliphatic carbocycles. The lowest BCUT2D eigenvalue weighted by molar-refractivity contribution is -0.120. The number of benzene rings is 2. The zero-order valence-corrected chi connectivity index (χ0v) is 15.4. The molecule has 1 heterocycles. The van der Waals surface area contributed by atoms with Gasteiger partial charge < -0.3 is 9.64 Å². The number of para-hydroxylation sites is 1. The van der Waals surface area contributed by atoms with Crippen LogP contribution in [0.25, 0.3) is 0 Å². The lowest BCUT2D eigenvalue weighted by Gasteiger charge is -2.23. The number of rotatable bonds is 6. The van der Waals surface area contributed by atoms with Gasteiger partial charge in [0.15, 0.2) is 6.61 Å². The SMILES string of the molecule is Cc1ccccc1OCC(=O)N(Cc1cccs1)c1cccc(Cl)c1. The average Bonchev–Trinajstić information content (AvgIpc) is 3.12. The highest BCUT2D eigenvalue weighted by Gasteiger charge is 2.18. The van der Waals surface area contributed by atoms with Gasteiger partial charge in [-0.05, 0) is 48.2 Å². The zero-order valence-electron chi connectivity index (χ0n) is 13.8. The van der Waals surface area contributed by atoms with E-state index in [1.165, 1.54) is 0 Å². The summed E-state index contributed by atoms with van der Waals surface area (Å²) in [5.41, 5.74) is 1.77. The fourth-order valence-electron chi connectivity index (χ4n) is 2.46. The molecule has 0 saturated carbocycles. The summed E-state index contributed by atoms with van der Waals surface area (Å²) in [5, 5.41) is 2.60. The Hall–Kier alpha value is -2.30. The Kier molecular flexibility index (Phi) is 5.74. The molecule has 0 bridgehead atoms. The Morgan fingerprint density at radius 1 is 1.12 bits per heavy atom. The van der Waals surface area contributed by atoms with Gasteiger partial charge in [0.1, 0.15) is 5.75 Å². The lowest BCUT2D eigenvalue weighted by atomic mass is 10.2. The van der Waals surface area contributed by atoms with Crippen LogP contribution in [0.2, 0.25) is 5.02 Å². The van der Waals surface area contributed by atoms with E-state index in [-0.39, 0.29) is 12.5 Å². The van der Waals surface area contributed by atoms with Crippen LogP contribution in [0, 0.1) is 6.92 Å². The summed E-state index contributed by atoms with van der Waals surface area (Å²) < 4.78 is 5.73. The number of carbonyl (C=O) groups excluding carboxylic acids is 1. The first-order chi connectivity index (χ1) is 12.1. The smallest absolute Gasteiger partial charge is 0.265 e. The Balaban J connectivity index is 1.78. The van der Waals surface area contributed by atoms with E-state index in [1.54, 1.807) is 28.4 Å².